The van der Waals surface area contributed by atoms with Crippen LogP contribution in [0.1, 0.15) is 27.6 Å². The predicted octanol–water partition coefficient (Wildman–Crippen LogP) is 5.50. The van der Waals surface area contributed by atoms with Crippen molar-refractivity contribution in [3.05, 3.63) is 89.5 Å². The largest absolute Gasteiger partial charge is 0.490 e. The van der Waals surface area contributed by atoms with E-state index in [9.17, 15) is 48.7 Å². The summed E-state index contributed by atoms with van der Waals surface area (Å²) in [5.41, 5.74) is 5.17. The van der Waals surface area contributed by atoms with Crippen LogP contribution in [0.2, 0.25) is 0 Å². The molecule has 2 aromatic heterocycles. The zero-order chi connectivity index (χ0) is 35.9. The highest BCUT2D eigenvalue weighted by Crippen LogP contribution is 2.30. The Bertz CT molecular complexity index is 1700. The van der Waals surface area contributed by atoms with E-state index in [2.05, 4.69) is 15.4 Å². The molecule has 4 aromatic rings. The van der Waals surface area contributed by atoms with E-state index >= 15 is 0 Å². The first-order valence-corrected chi connectivity index (χ1v) is 12.2. The number of rotatable bonds is 5. The number of carboxylic acid groups (broad SMARTS) is 2. The molecule has 4 rings (SSSR count). The summed E-state index contributed by atoms with van der Waals surface area (Å²) in [5.74, 6) is -6.48. The van der Waals surface area contributed by atoms with Crippen LogP contribution in [0, 0.1) is 12.7 Å². The second kappa shape index (κ2) is 14.7. The third kappa shape index (κ3) is 10.5. The lowest BCUT2D eigenvalue weighted by molar-refractivity contribution is -0.193. The zero-order valence-electron chi connectivity index (χ0n) is 23.2. The van der Waals surface area contributed by atoms with Gasteiger partial charge in [-0.3, -0.25) is 4.79 Å². The Morgan fingerprint density at radius 2 is 1.47 bits per heavy atom. The SMILES string of the molecule is Cc1nccn1-c1ccc(NC(=O)c2cc(C(F)(F)F)nn2-c2cccc(CN)c2)cc1F.O=C(O)C(F)(F)F.O=C(O)C(F)(F)F. The molecule has 0 aliphatic carbocycles. The van der Waals surface area contributed by atoms with E-state index in [0.29, 0.717) is 17.5 Å². The summed E-state index contributed by atoms with van der Waals surface area (Å²) in [4.78, 5) is 34.7. The number of carbonyl (C=O) groups excluding carboxylic acids is 1. The number of carbonyl (C=O) groups is 3. The number of amides is 1. The molecule has 11 nitrogen and oxygen atoms in total. The van der Waals surface area contributed by atoms with Crippen molar-refractivity contribution >= 4 is 23.5 Å². The van der Waals surface area contributed by atoms with Crippen LogP contribution >= 0.6 is 0 Å². The number of benzene rings is 2. The number of halogens is 10. The second-order valence-corrected chi connectivity index (χ2v) is 8.77. The molecule has 0 bridgehead atoms. The smallest absolute Gasteiger partial charge is 0.475 e. The van der Waals surface area contributed by atoms with E-state index in [0.717, 1.165) is 10.7 Å². The molecule has 0 radical (unpaired) electrons. The first kappa shape index (κ1) is 37.7. The number of nitrogens with one attached hydrogen (secondary N) is 1. The monoisotopic (exact) mass is 686 g/mol. The maximum absolute atomic E-state index is 14.7. The lowest BCUT2D eigenvalue weighted by atomic mass is 10.2. The maximum atomic E-state index is 14.7. The summed E-state index contributed by atoms with van der Waals surface area (Å²) in [5, 5.41) is 20.3. The summed E-state index contributed by atoms with van der Waals surface area (Å²) >= 11 is 0. The normalized spacial score (nSPS) is 11.5. The number of hydrogen-bond donors (Lipinski definition) is 4. The summed E-state index contributed by atoms with van der Waals surface area (Å²) < 4.78 is 120. The molecule has 1 amide bonds. The molecule has 21 heteroatoms. The Morgan fingerprint density at radius 3 is 1.91 bits per heavy atom. The highest BCUT2D eigenvalue weighted by atomic mass is 19.4. The molecule has 0 fully saturated rings. The van der Waals surface area contributed by atoms with Crippen molar-refractivity contribution in [3.63, 3.8) is 0 Å². The Labute approximate surface area is 255 Å². The molecule has 0 aliphatic heterocycles. The number of nitrogens with two attached hydrogens (primary N) is 1. The van der Waals surface area contributed by atoms with E-state index in [4.69, 9.17) is 25.5 Å². The minimum absolute atomic E-state index is 0.0658. The second-order valence-electron chi connectivity index (χ2n) is 8.77. The Balaban J connectivity index is 0.000000459. The van der Waals surface area contributed by atoms with Crippen molar-refractivity contribution in [1.82, 2.24) is 19.3 Å². The molecule has 0 saturated carbocycles. The lowest BCUT2D eigenvalue weighted by Gasteiger charge is -2.11. The fourth-order valence-electron chi connectivity index (χ4n) is 3.30. The summed E-state index contributed by atoms with van der Waals surface area (Å²) in [6.07, 6.45) is -11.8. The minimum Gasteiger partial charge on any atom is -0.475 e. The molecule has 5 N–H and O–H groups in total. The molecular weight excluding hydrogens is 666 g/mol. The number of carboxylic acids is 2. The fraction of sp³-hybridized carbons (Fsp3) is 0.192. The van der Waals surface area contributed by atoms with Gasteiger partial charge >= 0.3 is 30.5 Å². The van der Waals surface area contributed by atoms with E-state index in [1.807, 2.05) is 0 Å². The van der Waals surface area contributed by atoms with Gasteiger partial charge in [0.05, 0.1) is 11.4 Å². The molecule has 0 saturated heterocycles. The third-order valence-corrected chi connectivity index (χ3v) is 5.40. The van der Waals surface area contributed by atoms with Gasteiger partial charge in [0.25, 0.3) is 5.91 Å². The van der Waals surface area contributed by atoms with Crippen LogP contribution in [0.25, 0.3) is 11.4 Å². The first-order chi connectivity index (χ1) is 21.6. The standard InChI is InChI=1S/C22H18F4N6O.2C2HF3O2/c1-13-28-7-8-31(13)18-6-5-15(10-17(18)23)29-21(33)19-11-20(22(24,25)26)30-32(19)16-4-2-3-14(9-16)12-27;2*3-2(4,5)1(6)7/h2-11H,12,27H2,1H3,(H,29,33);2*(H,6,7). The van der Waals surface area contributed by atoms with Gasteiger partial charge in [0, 0.05) is 30.7 Å². The van der Waals surface area contributed by atoms with Crippen LogP contribution in [0.4, 0.5) is 49.6 Å². The van der Waals surface area contributed by atoms with Gasteiger partial charge in [0.1, 0.15) is 17.3 Å². The van der Waals surface area contributed by atoms with Crippen LogP contribution in [0.15, 0.2) is 60.9 Å². The van der Waals surface area contributed by atoms with Crippen LogP contribution in [-0.4, -0.2) is 59.7 Å². The van der Waals surface area contributed by atoms with Gasteiger partial charge in [-0.15, -0.1) is 0 Å². The molecule has 0 spiro atoms. The molecule has 47 heavy (non-hydrogen) atoms. The van der Waals surface area contributed by atoms with Gasteiger partial charge < -0.3 is 25.8 Å². The van der Waals surface area contributed by atoms with Gasteiger partial charge in [-0.25, -0.2) is 23.6 Å². The maximum Gasteiger partial charge on any atom is 0.490 e. The van der Waals surface area contributed by atoms with Crippen molar-refractivity contribution < 1.29 is 68.5 Å². The lowest BCUT2D eigenvalue weighted by Crippen LogP contribution is -2.21. The number of hydrogen-bond acceptors (Lipinski definition) is 6. The van der Waals surface area contributed by atoms with E-state index in [1.54, 1.807) is 25.3 Å². The number of alkyl halides is 9. The van der Waals surface area contributed by atoms with E-state index in [1.165, 1.54) is 35.0 Å². The zero-order valence-corrected chi connectivity index (χ0v) is 23.2. The Kier molecular flexibility index (Phi) is 11.8. The van der Waals surface area contributed by atoms with Gasteiger partial charge in [-0.2, -0.15) is 44.6 Å². The van der Waals surface area contributed by atoms with Gasteiger partial charge in [0.15, 0.2) is 5.69 Å². The van der Waals surface area contributed by atoms with Gasteiger partial charge in [-0.05, 0) is 42.8 Å². The fourth-order valence-corrected chi connectivity index (χ4v) is 3.30. The Morgan fingerprint density at radius 1 is 0.894 bits per heavy atom. The quantitative estimate of drug-likeness (QED) is 0.200. The summed E-state index contributed by atoms with van der Waals surface area (Å²) in [7, 11) is 0. The van der Waals surface area contributed by atoms with Crippen LogP contribution in [0.5, 0.6) is 0 Å². The van der Waals surface area contributed by atoms with E-state index < -0.39 is 47.9 Å². The summed E-state index contributed by atoms with van der Waals surface area (Å²) in [6.45, 7) is 1.86. The van der Waals surface area contributed by atoms with Crippen LogP contribution in [0.3, 0.4) is 0 Å². The molecular formula is C26H20F10N6O5. The topological polar surface area (TPSA) is 165 Å². The van der Waals surface area contributed by atoms with Crippen molar-refractivity contribution in [2.45, 2.75) is 32.0 Å². The predicted molar refractivity (Wildman–Crippen MR) is 140 cm³/mol. The van der Waals surface area contributed by atoms with Gasteiger partial charge in [-0.1, -0.05) is 12.1 Å². The first-order valence-electron chi connectivity index (χ1n) is 12.2. The number of aryl methyl sites for hydroxylation is 1. The van der Waals surface area contributed by atoms with Crippen molar-refractivity contribution in [1.29, 1.82) is 0 Å². The molecule has 254 valence electrons. The van der Waals surface area contributed by atoms with Crippen molar-refractivity contribution in [3.8, 4) is 11.4 Å². The molecule has 0 aliphatic rings. The average Bonchev–Trinajstić information content (AvgIpc) is 3.60. The molecule has 0 atom stereocenters. The number of anilines is 1. The van der Waals surface area contributed by atoms with Crippen molar-refractivity contribution in [2.24, 2.45) is 5.73 Å². The number of imidazole rings is 1. The van der Waals surface area contributed by atoms with Crippen LogP contribution in [-0.2, 0) is 22.3 Å². The third-order valence-electron chi connectivity index (χ3n) is 5.40. The molecule has 2 heterocycles. The van der Waals surface area contributed by atoms with Crippen molar-refractivity contribution in [2.75, 3.05) is 5.32 Å². The molecule has 2 aromatic carbocycles. The molecule has 0 unspecified atom stereocenters. The number of aliphatic carboxylic acids is 2. The van der Waals surface area contributed by atoms with E-state index in [-0.39, 0.29) is 29.3 Å². The van der Waals surface area contributed by atoms with Gasteiger partial charge in [0.2, 0.25) is 0 Å². The number of nitrogens with zero attached hydrogens (tertiary/aromatic N) is 4. The highest BCUT2D eigenvalue weighted by Gasteiger charge is 2.39. The summed E-state index contributed by atoms with van der Waals surface area (Å²) in [6, 6.07) is 10.9. The Hall–Kier alpha value is -5.47. The average molecular weight is 686 g/mol. The van der Waals surface area contributed by atoms with Crippen LogP contribution < -0.4 is 11.1 Å². The number of aromatic nitrogens is 4. The minimum atomic E-state index is -5.08. The highest BCUT2D eigenvalue weighted by molar-refractivity contribution is 6.03.